The first-order chi connectivity index (χ1) is 8.35. The summed E-state index contributed by atoms with van der Waals surface area (Å²) in [4.78, 5) is 6.69. The van der Waals surface area contributed by atoms with Crippen LogP contribution in [0.25, 0.3) is 0 Å². The molecule has 0 amide bonds. The Labute approximate surface area is 102 Å². The summed E-state index contributed by atoms with van der Waals surface area (Å²) in [6.07, 6.45) is 5.04. The maximum atomic E-state index is 8.94. The summed E-state index contributed by atoms with van der Waals surface area (Å²) < 4.78 is 0. The Kier molecular flexibility index (Phi) is 4.34. The van der Waals surface area contributed by atoms with Crippen LogP contribution in [-0.4, -0.2) is 29.8 Å². The van der Waals surface area contributed by atoms with Gasteiger partial charge in [-0.1, -0.05) is 0 Å². The molecule has 4 nitrogen and oxygen atoms in total. The second-order valence-corrected chi connectivity index (χ2v) is 4.62. The minimum Gasteiger partial charge on any atom is -0.396 e. The Morgan fingerprint density at radius 3 is 2.82 bits per heavy atom. The number of rotatable bonds is 4. The van der Waals surface area contributed by atoms with Gasteiger partial charge in [-0.25, -0.2) is 0 Å². The lowest BCUT2D eigenvalue weighted by Gasteiger charge is -2.34. The molecule has 1 aliphatic heterocycles. The fourth-order valence-corrected chi connectivity index (χ4v) is 2.52. The fraction of sp³-hybridized carbons (Fsp3) is 0.615. The molecule has 3 N–H and O–H groups in total. The second-order valence-electron chi connectivity index (χ2n) is 4.62. The van der Waals surface area contributed by atoms with Gasteiger partial charge in [0.2, 0.25) is 0 Å². The van der Waals surface area contributed by atoms with Crippen LogP contribution >= 0.6 is 0 Å². The first-order valence-electron chi connectivity index (χ1n) is 6.35. The summed E-state index contributed by atoms with van der Waals surface area (Å²) >= 11 is 0. The second kappa shape index (κ2) is 5.98. The van der Waals surface area contributed by atoms with Gasteiger partial charge in [0.15, 0.2) is 0 Å². The fourth-order valence-electron chi connectivity index (χ4n) is 2.52. The van der Waals surface area contributed by atoms with Crippen molar-refractivity contribution in [2.75, 3.05) is 24.6 Å². The molecule has 0 saturated carbocycles. The van der Waals surface area contributed by atoms with Crippen molar-refractivity contribution in [3.63, 3.8) is 0 Å². The van der Waals surface area contributed by atoms with Gasteiger partial charge in [0, 0.05) is 32.4 Å². The summed E-state index contributed by atoms with van der Waals surface area (Å²) in [5.41, 5.74) is 7.87. The van der Waals surface area contributed by atoms with Gasteiger partial charge in [-0.15, -0.1) is 0 Å². The minimum absolute atomic E-state index is 0.311. The predicted molar refractivity (Wildman–Crippen MR) is 68.8 cm³/mol. The molecule has 0 unspecified atom stereocenters. The lowest BCUT2D eigenvalue weighted by molar-refractivity contribution is 0.240. The Balaban J connectivity index is 2.00. The molecular formula is C13H21N3O. The van der Waals surface area contributed by atoms with Gasteiger partial charge in [0.05, 0.1) is 11.4 Å². The summed E-state index contributed by atoms with van der Waals surface area (Å²) in [5, 5.41) is 8.94. The lowest BCUT2D eigenvalue weighted by atomic mass is 9.93. The van der Waals surface area contributed by atoms with Gasteiger partial charge in [-0.05, 0) is 37.3 Å². The van der Waals surface area contributed by atoms with Crippen LogP contribution in [0.2, 0.25) is 0 Å². The predicted octanol–water partition coefficient (Wildman–Crippen LogP) is 1.14. The molecule has 0 bridgehead atoms. The Morgan fingerprint density at radius 2 is 2.18 bits per heavy atom. The molecule has 1 aliphatic rings. The van der Waals surface area contributed by atoms with Crippen molar-refractivity contribution in [2.24, 2.45) is 11.7 Å². The zero-order valence-corrected chi connectivity index (χ0v) is 10.2. The van der Waals surface area contributed by atoms with E-state index in [0.717, 1.165) is 38.0 Å². The van der Waals surface area contributed by atoms with E-state index >= 15 is 0 Å². The smallest absolute Gasteiger partial charge is 0.0772 e. The third-order valence-electron chi connectivity index (χ3n) is 3.55. The van der Waals surface area contributed by atoms with Crippen LogP contribution in [0, 0.1) is 5.92 Å². The molecule has 1 fully saturated rings. The number of aliphatic hydroxyl groups excluding tert-OH is 1. The molecule has 2 rings (SSSR count). The average Bonchev–Trinajstić information content (AvgIpc) is 2.40. The van der Waals surface area contributed by atoms with Crippen molar-refractivity contribution >= 4 is 5.69 Å². The number of pyridine rings is 1. The van der Waals surface area contributed by atoms with Crippen molar-refractivity contribution in [1.29, 1.82) is 0 Å². The molecule has 1 aromatic heterocycles. The molecular weight excluding hydrogens is 214 g/mol. The monoisotopic (exact) mass is 235 g/mol. The van der Waals surface area contributed by atoms with E-state index < -0.39 is 0 Å². The molecule has 94 valence electrons. The van der Waals surface area contributed by atoms with Gasteiger partial charge in [0.25, 0.3) is 0 Å². The van der Waals surface area contributed by atoms with E-state index in [4.69, 9.17) is 10.8 Å². The molecule has 2 heterocycles. The highest BCUT2D eigenvalue weighted by Crippen LogP contribution is 2.26. The quantitative estimate of drug-likeness (QED) is 0.821. The van der Waals surface area contributed by atoms with E-state index in [-0.39, 0.29) is 0 Å². The third kappa shape index (κ3) is 2.96. The molecule has 0 spiro atoms. The van der Waals surface area contributed by atoms with E-state index in [9.17, 15) is 0 Å². The molecule has 17 heavy (non-hydrogen) atoms. The van der Waals surface area contributed by atoms with E-state index in [1.54, 1.807) is 6.20 Å². The van der Waals surface area contributed by atoms with E-state index in [0.29, 0.717) is 19.1 Å². The van der Waals surface area contributed by atoms with E-state index in [1.165, 1.54) is 5.69 Å². The maximum absolute atomic E-state index is 8.94. The van der Waals surface area contributed by atoms with Crippen LogP contribution in [0.3, 0.4) is 0 Å². The first kappa shape index (κ1) is 12.3. The topological polar surface area (TPSA) is 62.4 Å². The van der Waals surface area contributed by atoms with Crippen molar-refractivity contribution in [3.8, 4) is 0 Å². The largest absolute Gasteiger partial charge is 0.396 e. The zero-order valence-electron chi connectivity index (χ0n) is 10.2. The van der Waals surface area contributed by atoms with E-state index in [2.05, 4.69) is 16.0 Å². The number of aliphatic hydroxyl groups is 1. The summed E-state index contributed by atoms with van der Waals surface area (Å²) in [6.45, 7) is 2.89. The van der Waals surface area contributed by atoms with Gasteiger partial charge < -0.3 is 15.7 Å². The minimum atomic E-state index is 0.311. The van der Waals surface area contributed by atoms with Gasteiger partial charge >= 0.3 is 0 Å². The molecule has 1 aromatic rings. The summed E-state index contributed by atoms with van der Waals surface area (Å²) in [6, 6.07) is 4.07. The first-order valence-corrected chi connectivity index (χ1v) is 6.35. The Hall–Kier alpha value is -1.13. The molecule has 0 atom stereocenters. The van der Waals surface area contributed by atoms with Crippen molar-refractivity contribution in [3.05, 3.63) is 24.0 Å². The van der Waals surface area contributed by atoms with Crippen LogP contribution < -0.4 is 10.6 Å². The number of aromatic nitrogens is 1. The van der Waals surface area contributed by atoms with Crippen LogP contribution in [0.4, 0.5) is 5.69 Å². The Morgan fingerprint density at radius 1 is 1.41 bits per heavy atom. The normalized spacial score (nSPS) is 17.4. The highest BCUT2D eigenvalue weighted by molar-refractivity contribution is 5.50. The lowest BCUT2D eigenvalue weighted by Crippen LogP contribution is -2.34. The van der Waals surface area contributed by atoms with Crippen LogP contribution in [0.1, 0.15) is 25.0 Å². The standard InChI is InChI=1S/C13H21N3O/c14-10-12-13(2-1-6-15-12)16-7-3-11(4-8-16)5-9-17/h1-2,6,11,17H,3-5,7-10,14H2. The van der Waals surface area contributed by atoms with Gasteiger partial charge in [-0.2, -0.15) is 0 Å². The summed E-state index contributed by atoms with van der Waals surface area (Å²) in [7, 11) is 0. The van der Waals surface area contributed by atoms with E-state index in [1.807, 2.05) is 6.07 Å². The molecule has 0 aromatic carbocycles. The molecule has 0 radical (unpaired) electrons. The van der Waals surface area contributed by atoms with Crippen molar-refractivity contribution in [1.82, 2.24) is 4.98 Å². The zero-order chi connectivity index (χ0) is 12.1. The van der Waals surface area contributed by atoms with Crippen LogP contribution in [0.15, 0.2) is 18.3 Å². The SMILES string of the molecule is NCc1ncccc1N1CCC(CCO)CC1. The number of hydrogen-bond acceptors (Lipinski definition) is 4. The van der Waals surface area contributed by atoms with Crippen molar-refractivity contribution in [2.45, 2.75) is 25.8 Å². The Bertz CT molecular complexity index is 348. The number of anilines is 1. The highest BCUT2D eigenvalue weighted by atomic mass is 16.3. The average molecular weight is 235 g/mol. The maximum Gasteiger partial charge on any atom is 0.0772 e. The highest BCUT2D eigenvalue weighted by Gasteiger charge is 2.20. The van der Waals surface area contributed by atoms with Crippen LogP contribution in [0.5, 0.6) is 0 Å². The molecule has 4 heteroatoms. The molecule has 1 saturated heterocycles. The van der Waals surface area contributed by atoms with Gasteiger partial charge in [-0.3, -0.25) is 4.98 Å². The van der Waals surface area contributed by atoms with Gasteiger partial charge in [0.1, 0.15) is 0 Å². The van der Waals surface area contributed by atoms with Crippen molar-refractivity contribution < 1.29 is 5.11 Å². The summed E-state index contributed by atoms with van der Waals surface area (Å²) in [5.74, 6) is 0.675. The number of piperidine rings is 1. The molecule has 0 aliphatic carbocycles. The third-order valence-corrected chi connectivity index (χ3v) is 3.55. The number of hydrogen-bond donors (Lipinski definition) is 2. The van der Waals surface area contributed by atoms with Crippen LogP contribution in [-0.2, 0) is 6.54 Å². The number of nitrogens with zero attached hydrogens (tertiary/aromatic N) is 2. The number of nitrogens with two attached hydrogens (primary N) is 1.